The van der Waals surface area contributed by atoms with Crippen LogP contribution in [0.25, 0.3) is 0 Å². The lowest BCUT2D eigenvalue weighted by molar-refractivity contribution is -0.134. The quantitative estimate of drug-likeness (QED) is 0.749. The van der Waals surface area contributed by atoms with Crippen molar-refractivity contribution in [3.63, 3.8) is 0 Å². The number of morpholine rings is 1. The molecule has 3 heterocycles. The van der Waals surface area contributed by atoms with Crippen LogP contribution in [0, 0.1) is 0 Å². The first kappa shape index (κ1) is 18.9. The van der Waals surface area contributed by atoms with Crippen molar-refractivity contribution in [3.05, 3.63) is 41.5 Å². The van der Waals surface area contributed by atoms with Gasteiger partial charge in [0, 0.05) is 38.2 Å². The minimum Gasteiger partial charge on any atom is -0.496 e. The molecule has 2 fully saturated rings. The van der Waals surface area contributed by atoms with Crippen LogP contribution in [0.15, 0.2) is 28.8 Å². The molecule has 0 bridgehead atoms. The second-order valence-corrected chi connectivity index (χ2v) is 7.26. The molecule has 1 aromatic heterocycles. The Labute approximate surface area is 164 Å². The Morgan fingerprint density at radius 1 is 1.21 bits per heavy atom. The normalized spacial score (nSPS) is 21.1. The van der Waals surface area contributed by atoms with Gasteiger partial charge in [-0.3, -0.25) is 9.69 Å². The third-order valence-electron chi connectivity index (χ3n) is 5.36. The van der Waals surface area contributed by atoms with Crippen LogP contribution in [0.5, 0.6) is 5.75 Å². The Kier molecular flexibility index (Phi) is 5.87. The van der Waals surface area contributed by atoms with Crippen LogP contribution < -0.4 is 4.74 Å². The number of benzene rings is 1. The van der Waals surface area contributed by atoms with Gasteiger partial charge in [0.05, 0.1) is 32.8 Å². The molecule has 1 aromatic carbocycles. The van der Waals surface area contributed by atoms with E-state index in [1.165, 1.54) is 0 Å². The first-order chi connectivity index (χ1) is 13.7. The molecule has 2 aromatic rings. The zero-order valence-corrected chi connectivity index (χ0v) is 16.2. The van der Waals surface area contributed by atoms with Gasteiger partial charge in [-0.05, 0) is 12.5 Å². The fraction of sp³-hybridized carbons (Fsp3) is 0.550. The van der Waals surface area contributed by atoms with Crippen molar-refractivity contribution in [2.45, 2.75) is 31.8 Å². The van der Waals surface area contributed by atoms with E-state index in [4.69, 9.17) is 14.0 Å². The summed E-state index contributed by atoms with van der Waals surface area (Å²) in [5.74, 6) is 2.34. The van der Waals surface area contributed by atoms with Crippen LogP contribution in [-0.4, -0.2) is 65.8 Å². The van der Waals surface area contributed by atoms with Gasteiger partial charge in [0.15, 0.2) is 5.82 Å². The molecule has 8 heteroatoms. The number of ether oxygens (including phenoxy) is 2. The Hall–Kier alpha value is -2.45. The molecular weight excluding hydrogens is 360 g/mol. The van der Waals surface area contributed by atoms with Gasteiger partial charge in [0.1, 0.15) is 5.75 Å². The minimum atomic E-state index is 0.0679. The second-order valence-electron chi connectivity index (χ2n) is 7.26. The lowest BCUT2D eigenvalue weighted by atomic mass is 9.97. The summed E-state index contributed by atoms with van der Waals surface area (Å²) < 4.78 is 16.3. The van der Waals surface area contributed by atoms with E-state index in [1.807, 2.05) is 29.2 Å². The standard InChI is InChI=1S/C20H26N4O4/c1-26-17-5-3-2-4-15(17)12-24-13-16(6-7-19(24)25)20-21-18(22-28-20)14-23-8-10-27-11-9-23/h2-5,16H,6-14H2,1H3. The van der Waals surface area contributed by atoms with Crippen LogP contribution in [0.2, 0.25) is 0 Å². The number of carbonyl (C=O) groups excluding carboxylic acids is 1. The molecule has 0 saturated carbocycles. The van der Waals surface area contributed by atoms with Crippen molar-refractivity contribution >= 4 is 5.91 Å². The second kappa shape index (κ2) is 8.70. The number of likely N-dealkylation sites (tertiary alicyclic amines) is 1. The van der Waals surface area contributed by atoms with Crippen molar-refractivity contribution in [2.75, 3.05) is 40.0 Å². The Morgan fingerprint density at radius 3 is 2.86 bits per heavy atom. The van der Waals surface area contributed by atoms with Crippen molar-refractivity contribution in [1.82, 2.24) is 19.9 Å². The lowest BCUT2D eigenvalue weighted by Gasteiger charge is -2.31. The first-order valence-electron chi connectivity index (χ1n) is 9.75. The highest BCUT2D eigenvalue weighted by Crippen LogP contribution is 2.29. The van der Waals surface area contributed by atoms with E-state index in [2.05, 4.69) is 15.0 Å². The number of amides is 1. The third-order valence-corrected chi connectivity index (χ3v) is 5.36. The summed E-state index contributed by atoms with van der Waals surface area (Å²) in [7, 11) is 1.65. The number of nitrogens with zero attached hydrogens (tertiary/aromatic N) is 4. The summed E-state index contributed by atoms with van der Waals surface area (Å²) >= 11 is 0. The van der Waals surface area contributed by atoms with Gasteiger partial charge < -0.3 is 18.9 Å². The summed E-state index contributed by atoms with van der Waals surface area (Å²) in [5, 5.41) is 4.15. The molecule has 28 heavy (non-hydrogen) atoms. The maximum atomic E-state index is 12.4. The molecule has 0 spiro atoms. The maximum absolute atomic E-state index is 12.4. The van der Waals surface area contributed by atoms with Crippen LogP contribution in [0.1, 0.15) is 36.0 Å². The first-order valence-corrected chi connectivity index (χ1v) is 9.75. The van der Waals surface area contributed by atoms with E-state index >= 15 is 0 Å². The third kappa shape index (κ3) is 4.34. The number of para-hydroxylation sites is 1. The van der Waals surface area contributed by atoms with Gasteiger partial charge >= 0.3 is 0 Å². The summed E-state index contributed by atoms with van der Waals surface area (Å²) in [6.07, 6.45) is 1.22. The zero-order valence-electron chi connectivity index (χ0n) is 16.2. The average molecular weight is 386 g/mol. The number of aromatic nitrogens is 2. The lowest BCUT2D eigenvalue weighted by Crippen LogP contribution is -2.38. The van der Waals surface area contributed by atoms with Crippen LogP contribution >= 0.6 is 0 Å². The number of piperidine rings is 1. The van der Waals surface area contributed by atoms with Gasteiger partial charge in [-0.2, -0.15) is 4.98 Å². The number of hydrogen-bond donors (Lipinski definition) is 0. The maximum Gasteiger partial charge on any atom is 0.231 e. The molecule has 1 atom stereocenters. The molecule has 8 nitrogen and oxygen atoms in total. The molecule has 4 rings (SSSR count). The molecule has 0 radical (unpaired) electrons. The Balaban J connectivity index is 1.41. The highest BCUT2D eigenvalue weighted by atomic mass is 16.5. The molecule has 2 aliphatic heterocycles. The molecule has 1 unspecified atom stereocenters. The highest BCUT2D eigenvalue weighted by molar-refractivity contribution is 5.77. The van der Waals surface area contributed by atoms with Crippen molar-refractivity contribution in [3.8, 4) is 5.75 Å². The average Bonchev–Trinajstić information content (AvgIpc) is 3.19. The highest BCUT2D eigenvalue weighted by Gasteiger charge is 2.31. The number of methoxy groups -OCH3 is 1. The topological polar surface area (TPSA) is 80.9 Å². The van der Waals surface area contributed by atoms with Crippen LogP contribution in [0.4, 0.5) is 0 Å². The molecule has 2 aliphatic rings. The predicted molar refractivity (Wildman–Crippen MR) is 101 cm³/mol. The van der Waals surface area contributed by atoms with Gasteiger partial charge in [0.2, 0.25) is 11.8 Å². The minimum absolute atomic E-state index is 0.0679. The van der Waals surface area contributed by atoms with Crippen LogP contribution in [-0.2, 0) is 22.6 Å². The van der Waals surface area contributed by atoms with E-state index in [9.17, 15) is 4.79 Å². The van der Waals surface area contributed by atoms with Gasteiger partial charge in [-0.1, -0.05) is 23.4 Å². The fourth-order valence-corrected chi connectivity index (χ4v) is 3.77. The number of rotatable bonds is 6. The predicted octanol–water partition coefficient (Wildman–Crippen LogP) is 1.82. The number of hydrogen-bond acceptors (Lipinski definition) is 7. The van der Waals surface area contributed by atoms with E-state index < -0.39 is 0 Å². The van der Waals surface area contributed by atoms with Crippen LogP contribution in [0.3, 0.4) is 0 Å². The zero-order chi connectivity index (χ0) is 19.3. The van der Waals surface area contributed by atoms with Crippen molar-refractivity contribution < 1.29 is 18.8 Å². The van der Waals surface area contributed by atoms with E-state index in [0.29, 0.717) is 37.8 Å². The molecule has 0 aliphatic carbocycles. The summed E-state index contributed by atoms with van der Waals surface area (Å²) in [6.45, 7) is 5.03. The van der Waals surface area contributed by atoms with Gasteiger partial charge in [-0.15, -0.1) is 0 Å². The van der Waals surface area contributed by atoms with E-state index in [1.54, 1.807) is 7.11 Å². The number of carbonyl (C=O) groups is 1. The largest absolute Gasteiger partial charge is 0.496 e. The van der Waals surface area contributed by atoms with Crippen molar-refractivity contribution in [2.24, 2.45) is 0 Å². The summed E-state index contributed by atoms with van der Waals surface area (Å²) in [4.78, 5) is 21.2. The summed E-state index contributed by atoms with van der Waals surface area (Å²) in [5.41, 5.74) is 0.998. The Morgan fingerprint density at radius 2 is 2.04 bits per heavy atom. The van der Waals surface area contributed by atoms with Gasteiger partial charge in [-0.25, -0.2) is 0 Å². The molecular formula is C20H26N4O4. The smallest absolute Gasteiger partial charge is 0.231 e. The molecule has 150 valence electrons. The molecule has 0 N–H and O–H groups in total. The van der Waals surface area contributed by atoms with Crippen molar-refractivity contribution in [1.29, 1.82) is 0 Å². The fourth-order valence-electron chi connectivity index (χ4n) is 3.77. The molecule has 2 saturated heterocycles. The SMILES string of the molecule is COc1ccccc1CN1CC(c2nc(CN3CCOCC3)no2)CCC1=O. The molecule has 1 amide bonds. The van der Waals surface area contributed by atoms with E-state index in [0.717, 1.165) is 44.0 Å². The summed E-state index contributed by atoms with van der Waals surface area (Å²) in [6, 6.07) is 7.79. The van der Waals surface area contributed by atoms with E-state index in [-0.39, 0.29) is 11.8 Å². The Bertz CT molecular complexity index is 803. The van der Waals surface area contributed by atoms with Gasteiger partial charge in [0.25, 0.3) is 0 Å². The monoisotopic (exact) mass is 386 g/mol.